The summed E-state index contributed by atoms with van der Waals surface area (Å²) in [5.74, 6) is 0.669. The van der Waals surface area contributed by atoms with Gasteiger partial charge in [-0.2, -0.15) is 0 Å². The zero-order valence-electron chi connectivity index (χ0n) is 12.0. The second kappa shape index (κ2) is 6.92. The summed E-state index contributed by atoms with van der Waals surface area (Å²) in [6, 6.07) is -0.318. The summed E-state index contributed by atoms with van der Waals surface area (Å²) in [4.78, 5) is 25.3. The molecule has 3 unspecified atom stereocenters. The van der Waals surface area contributed by atoms with Crippen molar-refractivity contribution in [3.05, 3.63) is 0 Å². The largest absolute Gasteiger partial charge is 0.352 e. The first-order valence-electron chi connectivity index (χ1n) is 7.64. The van der Waals surface area contributed by atoms with Crippen LogP contribution in [0.2, 0.25) is 0 Å². The molecule has 3 atom stereocenters. The predicted octanol–water partition coefficient (Wildman–Crippen LogP) is 0.411. The Bertz CT molecular complexity index is 361. The fraction of sp³-hybridized carbons (Fsp3) is 0.857. The lowest BCUT2D eigenvalue weighted by atomic mass is 9.84. The van der Waals surface area contributed by atoms with Crippen LogP contribution in [0.1, 0.15) is 38.5 Å². The van der Waals surface area contributed by atoms with Crippen molar-refractivity contribution < 1.29 is 9.59 Å². The molecule has 6 nitrogen and oxygen atoms in total. The van der Waals surface area contributed by atoms with Gasteiger partial charge in [-0.1, -0.05) is 6.42 Å². The molecule has 1 aliphatic carbocycles. The zero-order chi connectivity index (χ0) is 14.5. The monoisotopic (exact) mass is 282 g/mol. The molecule has 114 valence electrons. The molecule has 0 aromatic heterocycles. The minimum atomic E-state index is -0.494. The SMILES string of the molecule is NC(=O)NCC1CCCN(C(=O)C2CCCC(N)C2)C1. The van der Waals surface area contributed by atoms with Crippen LogP contribution in [0.15, 0.2) is 0 Å². The van der Waals surface area contributed by atoms with E-state index in [0.29, 0.717) is 12.5 Å². The van der Waals surface area contributed by atoms with Gasteiger partial charge in [-0.25, -0.2) is 4.79 Å². The molecule has 2 fully saturated rings. The first kappa shape index (κ1) is 15.1. The Hall–Kier alpha value is -1.30. The molecule has 1 saturated heterocycles. The van der Waals surface area contributed by atoms with Crippen LogP contribution in [-0.4, -0.2) is 42.5 Å². The van der Waals surface area contributed by atoms with Crippen LogP contribution in [0.3, 0.4) is 0 Å². The van der Waals surface area contributed by atoms with E-state index in [-0.39, 0.29) is 17.9 Å². The number of likely N-dealkylation sites (tertiary alicyclic amines) is 1. The van der Waals surface area contributed by atoms with Gasteiger partial charge in [0.2, 0.25) is 5.91 Å². The molecule has 0 aromatic rings. The molecular formula is C14H26N4O2. The van der Waals surface area contributed by atoms with Gasteiger partial charge >= 0.3 is 6.03 Å². The second-order valence-corrected chi connectivity index (χ2v) is 6.16. The lowest BCUT2D eigenvalue weighted by Gasteiger charge is -2.36. The third kappa shape index (κ3) is 4.10. The van der Waals surface area contributed by atoms with E-state index in [4.69, 9.17) is 11.5 Å². The lowest BCUT2D eigenvalue weighted by Crippen LogP contribution is -2.47. The number of rotatable bonds is 3. The van der Waals surface area contributed by atoms with Gasteiger partial charge in [0.1, 0.15) is 0 Å². The molecule has 0 aromatic carbocycles. The lowest BCUT2D eigenvalue weighted by molar-refractivity contribution is -0.138. The van der Waals surface area contributed by atoms with Crippen LogP contribution >= 0.6 is 0 Å². The predicted molar refractivity (Wildman–Crippen MR) is 76.8 cm³/mol. The highest BCUT2D eigenvalue weighted by molar-refractivity contribution is 5.79. The standard InChI is InChI=1S/C14H26N4O2/c15-12-5-1-4-11(7-12)13(19)18-6-2-3-10(9-18)8-17-14(16)20/h10-12H,1-9,15H2,(H3,16,17,20). The average molecular weight is 282 g/mol. The number of hydrogen-bond donors (Lipinski definition) is 3. The van der Waals surface area contributed by atoms with E-state index in [2.05, 4.69) is 5.32 Å². The molecule has 5 N–H and O–H groups in total. The number of hydrogen-bond acceptors (Lipinski definition) is 3. The maximum atomic E-state index is 12.5. The molecule has 3 amide bonds. The zero-order valence-corrected chi connectivity index (χ0v) is 12.0. The summed E-state index contributed by atoms with van der Waals surface area (Å²) in [7, 11) is 0. The number of urea groups is 1. The van der Waals surface area contributed by atoms with E-state index in [1.54, 1.807) is 0 Å². The number of carbonyl (C=O) groups is 2. The highest BCUT2D eigenvalue weighted by Crippen LogP contribution is 2.27. The van der Waals surface area contributed by atoms with Gasteiger partial charge in [-0.15, -0.1) is 0 Å². The minimum Gasteiger partial charge on any atom is -0.352 e. The van der Waals surface area contributed by atoms with Gasteiger partial charge in [0.15, 0.2) is 0 Å². The van der Waals surface area contributed by atoms with Crippen LogP contribution < -0.4 is 16.8 Å². The normalized spacial score (nSPS) is 30.9. The Morgan fingerprint density at radius 2 is 2.00 bits per heavy atom. The number of amides is 3. The van der Waals surface area contributed by atoms with Crippen molar-refractivity contribution in [3.8, 4) is 0 Å². The molecule has 20 heavy (non-hydrogen) atoms. The van der Waals surface area contributed by atoms with Crippen LogP contribution in [0.4, 0.5) is 4.79 Å². The number of carbonyl (C=O) groups excluding carboxylic acids is 2. The van der Waals surface area contributed by atoms with Crippen LogP contribution in [-0.2, 0) is 4.79 Å². The minimum absolute atomic E-state index is 0.0987. The molecule has 6 heteroatoms. The Labute approximate surface area is 120 Å². The highest BCUT2D eigenvalue weighted by atomic mass is 16.2. The van der Waals surface area contributed by atoms with Crippen molar-refractivity contribution >= 4 is 11.9 Å². The van der Waals surface area contributed by atoms with Crippen molar-refractivity contribution in [1.82, 2.24) is 10.2 Å². The van der Waals surface area contributed by atoms with Crippen LogP contribution in [0.5, 0.6) is 0 Å². The third-order valence-electron chi connectivity index (χ3n) is 4.46. The van der Waals surface area contributed by atoms with Crippen molar-refractivity contribution in [1.29, 1.82) is 0 Å². The Balaban J connectivity index is 1.84. The van der Waals surface area contributed by atoms with Crippen molar-refractivity contribution in [2.24, 2.45) is 23.3 Å². The first-order chi connectivity index (χ1) is 9.56. The second-order valence-electron chi connectivity index (χ2n) is 6.16. The molecule has 0 bridgehead atoms. The Morgan fingerprint density at radius 3 is 2.70 bits per heavy atom. The molecule has 2 rings (SSSR count). The molecule has 1 heterocycles. The van der Waals surface area contributed by atoms with Crippen molar-refractivity contribution in [2.45, 2.75) is 44.6 Å². The van der Waals surface area contributed by atoms with E-state index in [1.165, 1.54) is 0 Å². The summed E-state index contributed by atoms with van der Waals surface area (Å²) in [5.41, 5.74) is 11.1. The quantitative estimate of drug-likeness (QED) is 0.698. The smallest absolute Gasteiger partial charge is 0.312 e. The summed E-state index contributed by atoms with van der Waals surface area (Å²) >= 11 is 0. The molecular weight excluding hydrogens is 256 g/mol. The van der Waals surface area contributed by atoms with Gasteiger partial charge in [0, 0.05) is 31.6 Å². The van der Waals surface area contributed by atoms with Crippen LogP contribution in [0.25, 0.3) is 0 Å². The average Bonchev–Trinajstić information content (AvgIpc) is 2.44. The summed E-state index contributed by atoms with van der Waals surface area (Å²) in [6.07, 6.45) is 5.91. The topological polar surface area (TPSA) is 101 Å². The van der Waals surface area contributed by atoms with Crippen LogP contribution in [0, 0.1) is 11.8 Å². The van der Waals surface area contributed by atoms with Crippen molar-refractivity contribution in [2.75, 3.05) is 19.6 Å². The third-order valence-corrected chi connectivity index (χ3v) is 4.46. The fourth-order valence-electron chi connectivity index (χ4n) is 3.39. The number of nitrogens with two attached hydrogens (primary N) is 2. The molecule has 0 radical (unpaired) electrons. The molecule has 1 aliphatic heterocycles. The Kier molecular flexibility index (Phi) is 5.23. The maximum Gasteiger partial charge on any atom is 0.312 e. The van der Waals surface area contributed by atoms with E-state index in [9.17, 15) is 9.59 Å². The van der Waals surface area contributed by atoms with E-state index >= 15 is 0 Å². The summed E-state index contributed by atoms with van der Waals surface area (Å²) in [6.45, 7) is 2.12. The van der Waals surface area contributed by atoms with E-state index < -0.39 is 6.03 Å². The van der Waals surface area contributed by atoms with E-state index in [0.717, 1.165) is 51.6 Å². The number of nitrogens with one attached hydrogen (secondary N) is 1. The molecule has 2 aliphatic rings. The first-order valence-corrected chi connectivity index (χ1v) is 7.64. The maximum absolute atomic E-state index is 12.5. The number of nitrogens with zero attached hydrogens (tertiary/aromatic N) is 1. The summed E-state index contributed by atoms with van der Waals surface area (Å²) < 4.78 is 0. The van der Waals surface area contributed by atoms with Gasteiger partial charge < -0.3 is 21.7 Å². The Morgan fingerprint density at radius 1 is 1.20 bits per heavy atom. The fourth-order valence-corrected chi connectivity index (χ4v) is 3.39. The van der Waals surface area contributed by atoms with Gasteiger partial charge in [0.25, 0.3) is 0 Å². The molecule has 1 saturated carbocycles. The van der Waals surface area contributed by atoms with Gasteiger partial charge in [-0.3, -0.25) is 4.79 Å². The molecule has 0 spiro atoms. The highest BCUT2D eigenvalue weighted by Gasteiger charge is 2.31. The number of piperidine rings is 1. The van der Waals surface area contributed by atoms with Crippen molar-refractivity contribution in [3.63, 3.8) is 0 Å². The van der Waals surface area contributed by atoms with E-state index in [1.807, 2.05) is 4.90 Å². The van der Waals surface area contributed by atoms with Gasteiger partial charge in [-0.05, 0) is 38.0 Å². The number of primary amides is 1. The summed E-state index contributed by atoms with van der Waals surface area (Å²) in [5, 5.41) is 2.64. The van der Waals surface area contributed by atoms with Gasteiger partial charge in [0.05, 0.1) is 0 Å².